The van der Waals surface area contributed by atoms with Crippen LogP contribution in [0.4, 0.5) is 0 Å². The van der Waals surface area contributed by atoms with Gasteiger partial charge in [0.1, 0.15) is 6.29 Å². The van der Waals surface area contributed by atoms with Crippen molar-refractivity contribution in [1.29, 1.82) is 0 Å². The quantitative estimate of drug-likeness (QED) is 0.686. The van der Waals surface area contributed by atoms with Gasteiger partial charge in [-0.25, -0.2) is 0 Å². The Balaban J connectivity index is 3.23. The SMILES string of the molecule is O=Cc1cccc(Cl)c1CO. The summed E-state index contributed by atoms with van der Waals surface area (Å²) in [6.45, 7) is -0.201. The molecule has 2 nitrogen and oxygen atoms in total. The molecule has 0 fully saturated rings. The van der Waals surface area contributed by atoms with Crippen LogP contribution in [0.1, 0.15) is 15.9 Å². The van der Waals surface area contributed by atoms with E-state index in [0.717, 1.165) is 0 Å². The maximum atomic E-state index is 10.4. The van der Waals surface area contributed by atoms with E-state index in [9.17, 15) is 4.79 Å². The molecule has 3 heteroatoms. The predicted octanol–water partition coefficient (Wildman–Crippen LogP) is 1.64. The van der Waals surface area contributed by atoms with Crippen molar-refractivity contribution >= 4 is 17.9 Å². The van der Waals surface area contributed by atoms with E-state index < -0.39 is 0 Å². The van der Waals surface area contributed by atoms with Gasteiger partial charge in [0.15, 0.2) is 0 Å². The van der Waals surface area contributed by atoms with Gasteiger partial charge in [-0.1, -0.05) is 23.7 Å². The largest absolute Gasteiger partial charge is 0.392 e. The van der Waals surface area contributed by atoms with Gasteiger partial charge in [-0.2, -0.15) is 0 Å². The lowest BCUT2D eigenvalue weighted by atomic mass is 10.1. The number of hydrogen-bond donors (Lipinski definition) is 1. The lowest BCUT2D eigenvalue weighted by molar-refractivity contribution is 0.112. The molecule has 0 saturated heterocycles. The van der Waals surface area contributed by atoms with Gasteiger partial charge in [-0.15, -0.1) is 0 Å². The molecule has 58 valence electrons. The van der Waals surface area contributed by atoms with Crippen LogP contribution in [0.5, 0.6) is 0 Å². The molecule has 0 amide bonds. The first-order valence-electron chi connectivity index (χ1n) is 3.13. The van der Waals surface area contributed by atoms with Gasteiger partial charge < -0.3 is 5.11 Å². The van der Waals surface area contributed by atoms with Gasteiger partial charge >= 0.3 is 0 Å². The van der Waals surface area contributed by atoms with Crippen LogP contribution in [-0.4, -0.2) is 11.4 Å². The summed E-state index contributed by atoms with van der Waals surface area (Å²) in [5.74, 6) is 0. The molecule has 1 N–H and O–H groups in total. The van der Waals surface area contributed by atoms with Gasteiger partial charge in [-0.05, 0) is 6.07 Å². The molecular weight excluding hydrogens is 164 g/mol. The third-order valence-electron chi connectivity index (χ3n) is 1.44. The summed E-state index contributed by atoms with van der Waals surface area (Å²) in [7, 11) is 0. The highest BCUT2D eigenvalue weighted by molar-refractivity contribution is 6.31. The van der Waals surface area contributed by atoms with E-state index in [1.54, 1.807) is 18.2 Å². The van der Waals surface area contributed by atoms with E-state index in [2.05, 4.69) is 0 Å². The zero-order chi connectivity index (χ0) is 8.27. The van der Waals surface area contributed by atoms with Gasteiger partial charge in [0, 0.05) is 16.1 Å². The van der Waals surface area contributed by atoms with Gasteiger partial charge in [-0.3, -0.25) is 4.79 Å². The molecule has 0 heterocycles. The van der Waals surface area contributed by atoms with Crippen LogP contribution in [0.2, 0.25) is 5.02 Å². The minimum Gasteiger partial charge on any atom is -0.392 e. The summed E-state index contributed by atoms with van der Waals surface area (Å²) >= 11 is 5.69. The molecule has 0 radical (unpaired) electrons. The molecule has 0 bridgehead atoms. The van der Waals surface area contributed by atoms with Crippen LogP contribution in [0.25, 0.3) is 0 Å². The van der Waals surface area contributed by atoms with Crippen molar-refractivity contribution in [3.8, 4) is 0 Å². The van der Waals surface area contributed by atoms with Crippen LogP contribution in [0, 0.1) is 0 Å². The number of aliphatic hydroxyl groups is 1. The normalized spacial score (nSPS) is 9.64. The molecule has 1 aromatic rings. The average Bonchev–Trinajstić information content (AvgIpc) is 2.04. The molecule has 1 aromatic carbocycles. The fraction of sp³-hybridized carbons (Fsp3) is 0.125. The van der Waals surface area contributed by atoms with Crippen LogP contribution in [0.15, 0.2) is 18.2 Å². The third kappa shape index (κ3) is 1.59. The number of carbonyl (C=O) groups excluding carboxylic acids is 1. The van der Waals surface area contributed by atoms with Crippen molar-refractivity contribution in [2.75, 3.05) is 0 Å². The first-order valence-corrected chi connectivity index (χ1v) is 3.51. The van der Waals surface area contributed by atoms with Crippen LogP contribution in [-0.2, 0) is 6.61 Å². The van der Waals surface area contributed by atoms with Crippen LogP contribution in [0.3, 0.4) is 0 Å². The standard InChI is InChI=1S/C8H7ClO2/c9-8-3-1-2-6(4-10)7(8)5-11/h1-4,11H,5H2. The fourth-order valence-corrected chi connectivity index (χ4v) is 1.09. The van der Waals surface area contributed by atoms with E-state index in [-0.39, 0.29) is 6.61 Å². The third-order valence-corrected chi connectivity index (χ3v) is 1.79. The Morgan fingerprint density at radius 2 is 2.27 bits per heavy atom. The Morgan fingerprint density at radius 1 is 1.55 bits per heavy atom. The highest BCUT2D eigenvalue weighted by atomic mass is 35.5. The Bertz CT molecular complexity index is 271. The zero-order valence-electron chi connectivity index (χ0n) is 5.75. The Labute approximate surface area is 69.4 Å². The average molecular weight is 171 g/mol. The summed E-state index contributed by atoms with van der Waals surface area (Å²) < 4.78 is 0. The molecule has 0 spiro atoms. The van der Waals surface area contributed by atoms with Gasteiger partial charge in [0.2, 0.25) is 0 Å². The number of halogens is 1. The second-order valence-electron chi connectivity index (χ2n) is 2.08. The van der Waals surface area contributed by atoms with Crippen molar-refractivity contribution in [3.63, 3.8) is 0 Å². The molecule has 0 saturated carbocycles. The lowest BCUT2D eigenvalue weighted by Crippen LogP contribution is -1.92. The molecule has 0 atom stereocenters. The molecular formula is C8H7ClO2. The maximum absolute atomic E-state index is 10.4. The molecule has 0 unspecified atom stereocenters. The van der Waals surface area contributed by atoms with E-state index >= 15 is 0 Å². The highest BCUT2D eigenvalue weighted by Crippen LogP contribution is 2.18. The monoisotopic (exact) mass is 170 g/mol. The Hall–Kier alpha value is -0.860. The smallest absolute Gasteiger partial charge is 0.150 e. The summed E-state index contributed by atoms with van der Waals surface area (Å²) in [5.41, 5.74) is 0.934. The number of aliphatic hydroxyl groups excluding tert-OH is 1. The summed E-state index contributed by atoms with van der Waals surface area (Å²) in [4.78, 5) is 10.4. The number of carbonyl (C=O) groups is 1. The van der Waals surface area contributed by atoms with Crippen molar-refractivity contribution < 1.29 is 9.90 Å². The Morgan fingerprint density at radius 3 is 2.73 bits per heavy atom. The molecule has 1 rings (SSSR count). The molecule has 0 aromatic heterocycles. The first kappa shape index (κ1) is 8.24. The van der Waals surface area contributed by atoms with Crippen molar-refractivity contribution in [2.24, 2.45) is 0 Å². The van der Waals surface area contributed by atoms with E-state index in [1.807, 2.05) is 0 Å². The van der Waals surface area contributed by atoms with Crippen molar-refractivity contribution in [3.05, 3.63) is 34.3 Å². The topological polar surface area (TPSA) is 37.3 Å². The van der Waals surface area contributed by atoms with Gasteiger partial charge in [0.25, 0.3) is 0 Å². The van der Waals surface area contributed by atoms with Gasteiger partial charge in [0.05, 0.1) is 6.61 Å². The fourth-order valence-electron chi connectivity index (χ4n) is 0.853. The molecule has 0 aliphatic carbocycles. The summed E-state index contributed by atoms with van der Waals surface area (Å²) in [6, 6.07) is 4.93. The molecule has 11 heavy (non-hydrogen) atoms. The van der Waals surface area contributed by atoms with E-state index in [4.69, 9.17) is 16.7 Å². The minimum absolute atomic E-state index is 0.201. The van der Waals surface area contributed by atoms with Crippen molar-refractivity contribution in [1.82, 2.24) is 0 Å². The van der Waals surface area contributed by atoms with E-state index in [1.165, 1.54) is 0 Å². The Kier molecular flexibility index (Phi) is 2.63. The number of hydrogen-bond acceptors (Lipinski definition) is 2. The van der Waals surface area contributed by atoms with Crippen LogP contribution >= 0.6 is 11.6 Å². The van der Waals surface area contributed by atoms with Crippen LogP contribution < -0.4 is 0 Å². The highest BCUT2D eigenvalue weighted by Gasteiger charge is 2.03. The number of benzene rings is 1. The second-order valence-corrected chi connectivity index (χ2v) is 2.49. The predicted molar refractivity (Wildman–Crippen MR) is 42.8 cm³/mol. The number of rotatable bonds is 2. The maximum Gasteiger partial charge on any atom is 0.150 e. The number of aldehydes is 1. The summed E-state index contributed by atoms with van der Waals surface area (Å²) in [6.07, 6.45) is 0.678. The van der Waals surface area contributed by atoms with Crippen molar-refractivity contribution in [2.45, 2.75) is 6.61 Å². The minimum atomic E-state index is -0.201. The second kappa shape index (κ2) is 3.51. The summed E-state index contributed by atoms with van der Waals surface area (Å²) in [5, 5.41) is 9.21. The lowest BCUT2D eigenvalue weighted by Gasteiger charge is -2.01. The zero-order valence-corrected chi connectivity index (χ0v) is 6.51. The van der Waals surface area contributed by atoms with E-state index in [0.29, 0.717) is 22.4 Å². The molecule has 0 aliphatic heterocycles. The first-order chi connectivity index (χ1) is 5.29. The molecule has 0 aliphatic rings.